The number of benzene rings is 1. The van der Waals surface area contributed by atoms with Crippen LogP contribution in [0.2, 0.25) is 0 Å². The molecule has 27 heavy (non-hydrogen) atoms. The molecule has 2 aromatic rings. The van der Waals surface area contributed by atoms with Gasteiger partial charge in [0.15, 0.2) is 9.84 Å². The zero-order chi connectivity index (χ0) is 19.6. The van der Waals surface area contributed by atoms with E-state index in [0.717, 1.165) is 11.9 Å². The summed E-state index contributed by atoms with van der Waals surface area (Å²) >= 11 is 0. The molecule has 7 nitrogen and oxygen atoms in total. The number of pyridine rings is 1. The molecule has 3 rings (SSSR count). The molecule has 1 aromatic carbocycles. The number of carbonyl (C=O) groups is 2. The van der Waals surface area contributed by atoms with E-state index >= 15 is 0 Å². The number of aromatic nitrogens is 1. The molecule has 0 atom stereocenters. The maximum Gasteiger partial charge on any atom is 0.291 e. The first-order valence-corrected chi connectivity index (χ1v) is 10.5. The highest BCUT2D eigenvalue weighted by atomic mass is 32.2. The van der Waals surface area contributed by atoms with Crippen molar-refractivity contribution >= 4 is 21.7 Å². The molecular weight excluding hydrogens is 366 g/mol. The zero-order valence-electron chi connectivity index (χ0n) is 15.3. The van der Waals surface area contributed by atoms with Gasteiger partial charge in [-0.3, -0.25) is 14.6 Å². The Hall–Kier alpha value is -2.74. The van der Waals surface area contributed by atoms with Crippen molar-refractivity contribution < 1.29 is 18.0 Å². The first-order valence-electron chi connectivity index (χ1n) is 8.60. The lowest BCUT2D eigenvalue weighted by atomic mass is 10.1. The molecule has 0 N–H and O–H groups in total. The average molecular weight is 387 g/mol. The first-order chi connectivity index (χ1) is 12.8. The molecule has 8 heteroatoms. The molecule has 2 amide bonds. The van der Waals surface area contributed by atoms with Gasteiger partial charge in [-0.05, 0) is 43.2 Å². The minimum Gasteiger partial charge on any atom is -0.273 e. The average Bonchev–Trinajstić information content (AvgIpc) is 3.10. The Morgan fingerprint density at radius 3 is 2.33 bits per heavy atom. The maximum absolute atomic E-state index is 12.7. The number of hydrazine groups is 1. The van der Waals surface area contributed by atoms with Gasteiger partial charge < -0.3 is 0 Å². The predicted molar refractivity (Wildman–Crippen MR) is 99.6 cm³/mol. The van der Waals surface area contributed by atoms with Crippen molar-refractivity contribution in [1.82, 2.24) is 15.0 Å². The zero-order valence-corrected chi connectivity index (χ0v) is 16.1. The van der Waals surface area contributed by atoms with Crippen molar-refractivity contribution in [2.24, 2.45) is 0 Å². The summed E-state index contributed by atoms with van der Waals surface area (Å²) in [5.41, 5.74) is 1.75. The fourth-order valence-corrected chi connectivity index (χ4v) is 3.63. The molecule has 0 radical (unpaired) electrons. The lowest BCUT2D eigenvalue weighted by Crippen LogP contribution is -2.45. The van der Waals surface area contributed by atoms with Crippen molar-refractivity contribution in [3.63, 3.8) is 0 Å². The molecule has 1 aliphatic heterocycles. The van der Waals surface area contributed by atoms with Crippen LogP contribution in [0.25, 0.3) is 0 Å². The van der Waals surface area contributed by atoms with Crippen LogP contribution in [0.4, 0.5) is 0 Å². The summed E-state index contributed by atoms with van der Waals surface area (Å²) < 4.78 is 23.1. The van der Waals surface area contributed by atoms with Crippen molar-refractivity contribution in [2.75, 3.05) is 19.3 Å². The summed E-state index contributed by atoms with van der Waals surface area (Å²) in [4.78, 5) is 29.9. The fourth-order valence-electron chi connectivity index (χ4n) is 3.00. The van der Waals surface area contributed by atoms with E-state index in [1.165, 1.54) is 22.2 Å². The number of aryl methyl sites for hydroxylation is 1. The fraction of sp³-hybridized carbons (Fsp3) is 0.316. The minimum atomic E-state index is -3.27. The largest absolute Gasteiger partial charge is 0.291 e. The van der Waals surface area contributed by atoms with Crippen LogP contribution in [-0.2, 0) is 21.1 Å². The Labute approximate surface area is 158 Å². The molecule has 1 fully saturated rings. The summed E-state index contributed by atoms with van der Waals surface area (Å²) in [5, 5.41) is 2.89. The molecule has 0 unspecified atom stereocenters. The van der Waals surface area contributed by atoms with Crippen LogP contribution in [0.5, 0.6) is 0 Å². The number of nitrogens with zero attached hydrogens (tertiary/aromatic N) is 3. The Morgan fingerprint density at radius 2 is 1.70 bits per heavy atom. The van der Waals surface area contributed by atoms with Crippen molar-refractivity contribution in [1.29, 1.82) is 0 Å². The van der Waals surface area contributed by atoms with Gasteiger partial charge in [0.25, 0.3) is 5.91 Å². The Morgan fingerprint density at radius 1 is 1.04 bits per heavy atom. The first kappa shape index (κ1) is 19.0. The summed E-state index contributed by atoms with van der Waals surface area (Å²) in [5.74, 6) is -0.502. The monoisotopic (exact) mass is 387 g/mol. The van der Waals surface area contributed by atoms with Gasteiger partial charge in [-0.25, -0.2) is 18.4 Å². The molecule has 0 aliphatic carbocycles. The molecular formula is C19H21N3O4S. The minimum absolute atomic E-state index is 0.0923. The van der Waals surface area contributed by atoms with E-state index in [1.807, 2.05) is 13.0 Å². The normalized spacial score (nSPS) is 14.4. The van der Waals surface area contributed by atoms with Crippen molar-refractivity contribution in [3.05, 3.63) is 59.4 Å². The number of hydrogen-bond donors (Lipinski definition) is 0. The predicted octanol–water partition coefficient (Wildman–Crippen LogP) is 1.63. The quantitative estimate of drug-likeness (QED) is 0.796. The van der Waals surface area contributed by atoms with Crippen LogP contribution in [-0.4, -0.2) is 54.6 Å². The van der Waals surface area contributed by atoms with E-state index in [0.29, 0.717) is 30.8 Å². The lowest BCUT2D eigenvalue weighted by Gasteiger charge is -2.27. The third-order valence-electron chi connectivity index (χ3n) is 4.37. The van der Waals surface area contributed by atoms with Gasteiger partial charge in [-0.2, -0.15) is 0 Å². The highest BCUT2D eigenvalue weighted by Gasteiger charge is 2.31. The van der Waals surface area contributed by atoms with E-state index in [4.69, 9.17) is 0 Å². The van der Waals surface area contributed by atoms with E-state index in [9.17, 15) is 18.0 Å². The number of sulfone groups is 1. The van der Waals surface area contributed by atoms with Gasteiger partial charge in [0.1, 0.15) is 5.69 Å². The summed E-state index contributed by atoms with van der Waals surface area (Å²) in [6.07, 6.45) is 1.94. The Kier molecular flexibility index (Phi) is 5.27. The van der Waals surface area contributed by atoms with E-state index in [2.05, 4.69) is 4.98 Å². The van der Waals surface area contributed by atoms with Crippen molar-refractivity contribution in [3.8, 4) is 0 Å². The number of hydrogen-bond acceptors (Lipinski definition) is 5. The van der Waals surface area contributed by atoms with Crippen LogP contribution in [0.3, 0.4) is 0 Å². The van der Waals surface area contributed by atoms with Crippen LogP contribution >= 0.6 is 0 Å². The smallest absolute Gasteiger partial charge is 0.273 e. The number of amides is 2. The number of carbonyl (C=O) groups excluding carboxylic acids is 2. The molecule has 1 aromatic heterocycles. The molecule has 1 aliphatic rings. The van der Waals surface area contributed by atoms with Gasteiger partial charge in [0.05, 0.1) is 11.3 Å². The molecule has 0 bridgehead atoms. The topological polar surface area (TPSA) is 87.7 Å². The van der Waals surface area contributed by atoms with Crippen LogP contribution in [0.15, 0.2) is 47.4 Å². The second-order valence-electron chi connectivity index (χ2n) is 6.56. The van der Waals surface area contributed by atoms with Gasteiger partial charge >= 0.3 is 0 Å². The van der Waals surface area contributed by atoms with Gasteiger partial charge in [0.2, 0.25) is 5.91 Å². The second kappa shape index (κ2) is 7.48. The lowest BCUT2D eigenvalue weighted by molar-refractivity contribution is -0.139. The van der Waals surface area contributed by atoms with E-state index in [1.54, 1.807) is 24.3 Å². The highest BCUT2D eigenvalue weighted by molar-refractivity contribution is 7.90. The Bertz CT molecular complexity index is 971. The summed E-state index contributed by atoms with van der Waals surface area (Å²) in [7, 11) is -3.27. The number of rotatable bonds is 4. The van der Waals surface area contributed by atoms with Gasteiger partial charge in [-0.1, -0.05) is 18.2 Å². The third kappa shape index (κ3) is 4.33. The standard InChI is InChI=1S/C19H21N3O4S/c1-14-5-3-6-17(20-14)19(24)22-12-4-11-21(22)18(23)13-15-7-9-16(10-8-15)27(2,25)26/h3,5-10H,4,11-13H2,1-2H3. The molecule has 0 spiro atoms. The maximum atomic E-state index is 12.7. The van der Waals surface area contributed by atoms with Crippen LogP contribution in [0, 0.1) is 6.92 Å². The second-order valence-corrected chi connectivity index (χ2v) is 8.57. The third-order valence-corrected chi connectivity index (χ3v) is 5.50. The summed E-state index contributed by atoms with van der Waals surface area (Å²) in [6, 6.07) is 11.4. The summed E-state index contributed by atoms with van der Waals surface area (Å²) in [6.45, 7) is 2.74. The van der Waals surface area contributed by atoms with Crippen LogP contribution < -0.4 is 0 Å². The van der Waals surface area contributed by atoms with Gasteiger partial charge in [0, 0.05) is 25.0 Å². The highest BCUT2D eigenvalue weighted by Crippen LogP contribution is 2.17. The van der Waals surface area contributed by atoms with Crippen LogP contribution in [0.1, 0.15) is 28.2 Å². The molecule has 142 valence electrons. The van der Waals surface area contributed by atoms with E-state index in [-0.39, 0.29) is 23.1 Å². The van der Waals surface area contributed by atoms with E-state index < -0.39 is 9.84 Å². The Balaban J connectivity index is 1.73. The SMILES string of the molecule is Cc1cccc(C(=O)N2CCCN2C(=O)Cc2ccc(S(C)(=O)=O)cc2)n1. The molecule has 1 saturated heterocycles. The van der Waals surface area contributed by atoms with Crippen molar-refractivity contribution in [2.45, 2.75) is 24.7 Å². The van der Waals surface area contributed by atoms with Gasteiger partial charge in [-0.15, -0.1) is 0 Å². The molecule has 2 heterocycles. The molecule has 0 saturated carbocycles.